The fourth-order valence-corrected chi connectivity index (χ4v) is 2.13. The molecule has 0 radical (unpaired) electrons. The summed E-state index contributed by atoms with van der Waals surface area (Å²) in [7, 11) is 2.07. The van der Waals surface area contributed by atoms with Crippen LogP contribution in [0.2, 0.25) is 0 Å². The van der Waals surface area contributed by atoms with Crippen LogP contribution in [0.1, 0.15) is 27.2 Å². The Morgan fingerprint density at radius 1 is 1.31 bits per heavy atom. The molecule has 13 heavy (non-hydrogen) atoms. The maximum atomic E-state index is 3.37. The Bertz CT molecular complexity index is 133. The van der Waals surface area contributed by atoms with Crippen molar-refractivity contribution in [3.63, 3.8) is 0 Å². The van der Waals surface area contributed by atoms with Crippen LogP contribution in [-0.2, 0) is 0 Å². The molecule has 1 N–H and O–H groups in total. The van der Waals surface area contributed by atoms with Crippen molar-refractivity contribution in [3.05, 3.63) is 0 Å². The summed E-state index contributed by atoms with van der Waals surface area (Å²) >= 11 is 0. The van der Waals surface area contributed by atoms with E-state index in [1.165, 1.54) is 26.1 Å². The molecule has 1 aliphatic rings. The van der Waals surface area contributed by atoms with E-state index in [0.29, 0.717) is 6.04 Å². The van der Waals surface area contributed by atoms with Gasteiger partial charge in [0, 0.05) is 25.7 Å². The predicted octanol–water partition coefficient (Wildman–Crippen LogP) is 1.57. The zero-order valence-electron chi connectivity index (χ0n) is 9.51. The van der Waals surface area contributed by atoms with Gasteiger partial charge in [-0.1, -0.05) is 20.8 Å². The first-order chi connectivity index (χ1) is 6.17. The Labute approximate surface area is 82.7 Å². The summed E-state index contributed by atoms with van der Waals surface area (Å²) in [6.07, 6.45) is 1.23. The lowest BCUT2D eigenvalue weighted by atomic mass is 10.0. The molecule has 0 saturated carbocycles. The van der Waals surface area contributed by atoms with Crippen molar-refractivity contribution in [3.8, 4) is 0 Å². The number of likely N-dealkylation sites (N-methyl/N-ethyl adjacent to an activating group) is 1. The summed E-state index contributed by atoms with van der Waals surface area (Å²) < 4.78 is 0. The van der Waals surface area contributed by atoms with Gasteiger partial charge in [0.25, 0.3) is 0 Å². The standard InChI is InChI=1S/C11H24N2/c1-5-11(12-4)8-13-6-9(2)10(3)7-13/h9-12H,5-8H2,1-4H3. The van der Waals surface area contributed by atoms with E-state index in [2.05, 4.69) is 38.0 Å². The summed E-state index contributed by atoms with van der Waals surface area (Å²) in [6.45, 7) is 10.8. The Morgan fingerprint density at radius 2 is 1.85 bits per heavy atom. The highest BCUT2D eigenvalue weighted by atomic mass is 15.2. The largest absolute Gasteiger partial charge is 0.316 e. The first kappa shape index (κ1) is 11.0. The molecule has 0 aliphatic carbocycles. The van der Waals surface area contributed by atoms with Crippen LogP contribution >= 0.6 is 0 Å². The molecule has 1 rings (SSSR count). The molecular formula is C11H24N2. The third kappa shape index (κ3) is 2.96. The summed E-state index contributed by atoms with van der Waals surface area (Å²) in [5.41, 5.74) is 0. The van der Waals surface area contributed by atoms with Gasteiger partial charge in [-0.15, -0.1) is 0 Å². The maximum absolute atomic E-state index is 3.37. The van der Waals surface area contributed by atoms with Gasteiger partial charge in [-0.05, 0) is 25.3 Å². The third-order valence-corrected chi connectivity index (χ3v) is 3.44. The van der Waals surface area contributed by atoms with Gasteiger partial charge in [-0.3, -0.25) is 0 Å². The van der Waals surface area contributed by atoms with Gasteiger partial charge in [-0.2, -0.15) is 0 Å². The van der Waals surface area contributed by atoms with Crippen molar-refractivity contribution in [2.24, 2.45) is 11.8 Å². The monoisotopic (exact) mass is 184 g/mol. The van der Waals surface area contributed by atoms with Gasteiger partial charge in [0.15, 0.2) is 0 Å². The number of nitrogens with zero attached hydrogens (tertiary/aromatic N) is 1. The van der Waals surface area contributed by atoms with E-state index in [0.717, 1.165) is 11.8 Å². The minimum Gasteiger partial charge on any atom is -0.316 e. The van der Waals surface area contributed by atoms with Gasteiger partial charge in [0.1, 0.15) is 0 Å². The fourth-order valence-electron chi connectivity index (χ4n) is 2.13. The lowest BCUT2D eigenvalue weighted by molar-refractivity contribution is 0.282. The van der Waals surface area contributed by atoms with Crippen LogP contribution in [0.15, 0.2) is 0 Å². The molecule has 1 aliphatic heterocycles. The molecule has 2 heteroatoms. The minimum absolute atomic E-state index is 0.678. The molecule has 0 bridgehead atoms. The number of hydrogen-bond acceptors (Lipinski definition) is 2. The Kier molecular flexibility index (Phi) is 4.20. The van der Waals surface area contributed by atoms with E-state index in [1.54, 1.807) is 0 Å². The quantitative estimate of drug-likeness (QED) is 0.713. The molecule has 2 nitrogen and oxygen atoms in total. The highest BCUT2D eigenvalue weighted by Crippen LogP contribution is 2.22. The topological polar surface area (TPSA) is 15.3 Å². The van der Waals surface area contributed by atoms with Gasteiger partial charge in [0.2, 0.25) is 0 Å². The van der Waals surface area contributed by atoms with E-state index in [9.17, 15) is 0 Å². The summed E-state index contributed by atoms with van der Waals surface area (Å²) in [6, 6.07) is 0.678. The first-order valence-electron chi connectivity index (χ1n) is 5.57. The number of nitrogens with one attached hydrogen (secondary N) is 1. The van der Waals surface area contributed by atoms with Gasteiger partial charge < -0.3 is 10.2 Å². The van der Waals surface area contributed by atoms with Crippen LogP contribution in [0, 0.1) is 11.8 Å². The Balaban J connectivity index is 2.30. The maximum Gasteiger partial charge on any atom is 0.0189 e. The van der Waals surface area contributed by atoms with Crippen LogP contribution in [0.5, 0.6) is 0 Å². The predicted molar refractivity (Wildman–Crippen MR) is 57.9 cm³/mol. The SMILES string of the molecule is CCC(CN1CC(C)C(C)C1)NC. The normalized spacial score (nSPS) is 32.3. The van der Waals surface area contributed by atoms with Crippen molar-refractivity contribution in [2.75, 3.05) is 26.7 Å². The van der Waals surface area contributed by atoms with Crippen LogP contribution in [0.25, 0.3) is 0 Å². The molecule has 1 heterocycles. The van der Waals surface area contributed by atoms with E-state index in [4.69, 9.17) is 0 Å². The van der Waals surface area contributed by atoms with E-state index >= 15 is 0 Å². The molecule has 0 aromatic carbocycles. The average molecular weight is 184 g/mol. The zero-order valence-corrected chi connectivity index (χ0v) is 9.51. The zero-order chi connectivity index (χ0) is 9.84. The minimum atomic E-state index is 0.678. The van der Waals surface area contributed by atoms with Crippen molar-refractivity contribution in [1.29, 1.82) is 0 Å². The van der Waals surface area contributed by atoms with Crippen molar-refractivity contribution >= 4 is 0 Å². The number of rotatable bonds is 4. The van der Waals surface area contributed by atoms with Crippen molar-refractivity contribution in [2.45, 2.75) is 33.2 Å². The van der Waals surface area contributed by atoms with Crippen LogP contribution in [-0.4, -0.2) is 37.6 Å². The molecule has 0 amide bonds. The summed E-state index contributed by atoms with van der Waals surface area (Å²) in [5.74, 6) is 1.77. The first-order valence-corrected chi connectivity index (χ1v) is 5.57. The summed E-state index contributed by atoms with van der Waals surface area (Å²) in [4.78, 5) is 2.60. The number of likely N-dealkylation sites (tertiary alicyclic amines) is 1. The smallest absolute Gasteiger partial charge is 0.0189 e. The molecular weight excluding hydrogens is 160 g/mol. The van der Waals surface area contributed by atoms with E-state index in [-0.39, 0.29) is 0 Å². The average Bonchev–Trinajstić information content (AvgIpc) is 2.42. The molecule has 78 valence electrons. The van der Waals surface area contributed by atoms with E-state index in [1.807, 2.05) is 0 Å². The molecule has 0 aromatic rings. The lowest BCUT2D eigenvalue weighted by Crippen LogP contribution is -2.38. The second-order valence-corrected chi connectivity index (χ2v) is 4.57. The molecule has 1 fully saturated rings. The van der Waals surface area contributed by atoms with Gasteiger partial charge in [0.05, 0.1) is 0 Å². The van der Waals surface area contributed by atoms with E-state index < -0.39 is 0 Å². The second kappa shape index (κ2) is 4.97. The highest BCUT2D eigenvalue weighted by Gasteiger charge is 2.26. The fraction of sp³-hybridized carbons (Fsp3) is 1.00. The second-order valence-electron chi connectivity index (χ2n) is 4.57. The summed E-state index contributed by atoms with van der Waals surface area (Å²) in [5, 5.41) is 3.37. The van der Waals surface area contributed by atoms with Gasteiger partial charge in [-0.25, -0.2) is 0 Å². The van der Waals surface area contributed by atoms with Crippen LogP contribution in [0.3, 0.4) is 0 Å². The Hall–Kier alpha value is -0.0800. The van der Waals surface area contributed by atoms with Crippen molar-refractivity contribution in [1.82, 2.24) is 10.2 Å². The van der Waals surface area contributed by atoms with Gasteiger partial charge >= 0.3 is 0 Å². The third-order valence-electron chi connectivity index (χ3n) is 3.44. The van der Waals surface area contributed by atoms with Crippen LogP contribution in [0.4, 0.5) is 0 Å². The number of hydrogen-bond donors (Lipinski definition) is 1. The Morgan fingerprint density at radius 3 is 2.23 bits per heavy atom. The van der Waals surface area contributed by atoms with Crippen molar-refractivity contribution < 1.29 is 0 Å². The lowest BCUT2D eigenvalue weighted by Gasteiger charge is -2.22. The molecule has 1 saturated heterocycles. The van der Waals surface area contributed by atoms with Crippen LogP contribution < -0.4 is 5.32 Å². The molecule has 3 atom stereocenters. The molecule has 0 spiro atoms. The molecule has 0 aromatic heterocycles. The molecule has 3 unspecified atom stereocenters. The highest BCUT2D eigenvalue weighted by molar-refractivity contribution is 4.81.